The summed E-state index contributed by atoms with van der Waals surface area (Å²) >= 11 is 6.34. The number of anilines is 2. The molecule has 2 aromatic carbocycles. The maximum Gasteiger partial charge on any atom is 0.258 e. The quantitative estimate of drug-likeness (QED) is 0.491. The Balaban J connectivity index is 1.90. The summed E-state index contributed by atoms with van der Waals surface area (Å²) in [6, 6.07) is 11.2. The van der Waals surface area contributed by atoms with Crippen molar-refractivity contribution >= 4 is 34.8 Å². The first kappa shape index (κ1) is 25.9. The van der Waals surface area contributed by atoms with E-state index in [2.05, 4.69) is 24.5 Å². The van der Waals surface area contributed by atoms with Crippen LogP contribution < -0.4 is 20.3 Å². The predicted molar refractivity (Wildman–Crippen MR) is 139 cm³/mol. The topological polar surface area (TPSA) is 70.7 Å². The lowest BCUT2D eigenvalue weighted by Gasteiger charge is -2.25. The Labute approximate surface area is 208 Å². The highest BCUT2D eigenvalue weighted by Gasteiger charge is 2.29. The molecule has 0 spiro atoms. The van der Waals surface area contributed by atoms with Crippen molar-refractivity contribution in [3.05, 3.63) is 52.5 Å². The smallest absolute Gasteiger partial charge is 0.258 e. The summed E-state index contributed by atoms with van der Waals surface area (Å²) < 4.78 is 5.56. The van der Waals surface area contributed by atoms with Gasteiger partial charge in [0.2, 0.25) is 5.91 Å². The number of ether oxygens (including phenoxy) is 1. The number of rotatable bonds is 8. The van der Waals surface area contributed by atoms with Crippen molar-refractivity contribution in [3.8, 4) is 5.75 Å². The molecule has 0 saturated heterocycles. The molecule has 184 valence electrons. The molecular weight excluding hydrogens is 450 g/mol. The molecule has 0 radical (unpaired) electrons. The number of fused-ring (bicyclic) bond motifs is 1. The standard InChI is InChI=1S/C27H36ClN3O3/c1-17(2)16-29-23-10-8-20(13-25(23)34-5)27(33)31-12-6-7-19(14-26(32)30-18(3)4)22-15-21(28)9-11-24(22)31/h8-11,13,15,17-19,29H,6-7,12,14,16H2,1-5H3,(H,30,32)/t19-/m0/s1. The van der Waals surface area contributed by atoms with Crippen LogP contribution in [0, 0.1) is 5.92 Å². The number of amides is 2. The highest BCUT2D eigenvalue weighted by atomic mass is 35.5. The molecule has 1 atom stereocenters. The van der Waals surface area contributed by atoms with Gasteiger partial charge in [-0.05, 0) is 80.5 Å². The van der Waals surface area contributed by atoms with Crippen LogP contribution in [0.15, 0.2) is 36.4 Å². The molecule has 34 heavy (non-hydrogen) atoms. The summed E-state index contributed by atoms with van der Waals surface area (Å²) in [7, 11) is 1.61. The highest BCUT2D eigenvalue weighted by Crippen LogP contribution is 2.39. The van der Waals surface area contributed by atoms with Crippen molar-refractivity contribution in [2.75, 3.05) is 30.4 Å². The molecule has 7 heteroatoms. The molecule has 0 aromatic heterocycles. The third kappa shape index (κ3) is 6.44. The van der Waals surface area contributed by atoms with E-state index in [0.717, 1.165) is 36.3 Å². The van der Waals surface area contributed by atoms with E-state index in [1.807, 2.05) is 43.0 Å². The van der Waals surface area contributed by atoms with Crippen molar-refractivity contribution in [1.82, 2.24) is 5.32 Å². The SMILES string of the molecule is COc1cc(C(=O)N2CCC[C@@H](CC(=O)NC(C)C)c3cc(Cl)ccc32)ccc1NCC(C)C. The lowest BCUT2D eigenvalue weighted by molar-refractivity contribution is -0.122. The van der Waals surface area contributed by atoms with Crippen LogP contribution in [0.25, 0.3) is 0 Å². The fourth-order valence-corrected chi connectivity index (χ4v) is 4.52. The lowest BCUT2D eigenvalue weighted by atomic mass is 9.90. The first-order valence-electron chi connectivity index (χ1n) is 12.0. The second-order valence-corrected chi connectivity index (χ2v) is 10.1. The van der Waals surface area contributed by atoms with E-state index >= 15 is 0 Å². The maximum atomic E-state index is 13.7. The minimum Gasteiger partial charge on any atom is -0.495 e. The van der Waals surface area contributed by atoms with Gasteiger partial charge >= 0.3 is 0 Å². The molecular formula is C27H36ClN3O3. The monoisotopic (exact) mass is 485 g/mol. The molecule has 0 bridgehead atoms. The molecule has 0 fully saturated rings. The van der Waals surface area contributed by atoms with Gasteiger partial charge in [-0.15, -0.1) is 0 Å². The summed E-state index contributed by atoms with van der Waals surface area (Å²) in [5.74, 6) is 1.05. The van der Waals surface area contributed by atoms with Gasteiger partial charge in [-0.3, -0.25) is 9.59 Å². The number of methoxy groups -OCH3 is 1. The van der Waals surface area contributed by atoms with Crippen LogP contribution in [-0.4, -0.2) is 38.1 Å². The normalized spacial score (nSPS) is 15.6. The Morgan fingerprint density at radius 1 is 1.15 bits per heavy atom. The van der Waals surface area contributed by atoms with Gasteiger partial charge < -0.3 is 20.3 Å². The fourth-order valence-electron chi connectivity index (χ4n) is 4.34. The van der Waals surface area contributed by atoms with Crippen LogP contribution in [0.5, 0.6) is 5.75 Å². The third-order valence-electron chi connectivity index (χ3n) is 5.93. The van der Waals surface area contributed by atoms with Gasteiger partial charge in [-0.1, -0.05) is 25.4 Å². The zero-order chi connectivity index (χ0) is 24.8. The summed E-state index contributed by atoms with van der Waals surface area (Å²) in [6.07, 6.45) is 1.98. The molecule has 3 rings (SSSR count). The van der Waals surface area contributed by atoms with Gasteiger partial charge in [-0.2, -0.15) is 0 Å². The van der Waals surface area contributed by atoms with E-state index in [1.54, 1.807) is 19.2 Å². The molecule has 0 unspecified atom stereocenters. The van der Waals surface area contributed by atoms with E-state index in [-0.39, 0.29) is 23.8 Å². The minimum atomic E-state index is -0.0930. The fraction of sp³-hybridized carbons (Fsp3) is 0.481. The minimum absolute atomic E-state index is 0.00222. The molecule has 2 aromatic rings. The first-order valence-corrected chi connectivity index (χ1v) is 12.4. The Hall–Kier alpha value is -2.73. The second kappa shape index (κ2) is 11.6. The average Bonchev–Trinajstić information content (AvgIpc) is 2.95. The molecule has 6 nitrogen and oxygen atoms in total. The average molecular weight is 486 g/mol. The van der Waals surface area contributed by atoms with Gasteiger partial charge in [0.05, 0.1) is 12.8 Å². The van der Waals surface area contributed by atoms with E-state index in [9.17, 15) is 9.59 Å². The summed E-state index contributed by atoms with van der Waals surface area (Å²) in [4.78, 5) is 28.0. The van der Waals surface area contributed by atoms with Crippen LogP contribution in [0.1, 0.15) is 68.8 Å². The van der Waals surface area contributed by atoms with Crippen molar-refractivity contribution in [2.24, 2.45) is 5.92 Å². The molecule has 2 N–H and O–H groups in total. The van der Waals surface area contributed by atoms with Crippen LogP contribution in [0.3, 0.4) is 0 Å². The van der Waals surface area contributed by atoms with Gasteiger partial charge in [0.25, 0.3) is 5.91 Å². The number of benzene rings is 2. The van der Waals surface area contributed by atoms with E-state index in [0.29, 0.717) is 35.2 Å². The second-order valence-electron chi connectivity index (χ2n) is 9.62. The van der Waals surface area contributed by atoms with Crippen LogP contribution in [-0.2, 0) is 4.79 Å². The Bertz CT molecular complexity index is 1020. The Kier molecular flexibility index (Phi) is 8.84. The molecule has 2 amide bonds. The molecule has 0 aliphatic carbocycles. The number of hydrogen-bond acceptors (Lipinski definition) is 4. The van der Waals surface area contributed by atoms with E-state index in [1.165, 1.54) is 0 Å². The Morgan fingerprint density at radius 2 is 1.91 bits per heavy atom. The van der Waals surface area contributed by atoms with Crippen LogP contribution in [0.2, 0.25) is 5.02 Å². The zero-order valence-corrected chi connectivity index (χ0v) is 21.5. The summed E-state index contributed by atoms with van der Waals surface area (Å²) in [5, 5.41) is 6.96. The predicted octanol–water partition coefficient (Wildman–Crippen LogP) is 5.86. The third-order valence-corrected chi connectivity index (χ3v) is 6.17. The lowest BCUT2D eigenvalue weighted by Crippen LogP contribution is -2.32. The van der Waals surface area contributed by atoms with Gasteiger partial charge in [0, 0.05) is 41.8 Å². The number of nitrogens with one attached hydrogen (secondary N) is 2. The Morgan fingerprint density at radius 3 is 2.59 bits per heavy atom. The molecule has 0 saturated carbocycles. The number of carbonyl (C=O) groups excluding carboxylic acids is 2. The van der Waals surface area contributed by atoms with Gasteiger partial charge in [0.15, 0.2) is 0 Å². The number of halogens is 1. The van der Waals surface area contributed by atoms with E-state index in [4.69, 9.17) is 16.3 Å². The zero-order valence-electron chi connectivity index (χ0n) is 20.8. The molecule has 1 heterocycles. The van der Waals surface area contributed by atoms with Crippen LogP contribution >= 0.6 is 11.6 Å². The van der Waals surface area contributed by atoms with Crippen molar-refractivity contribution in [3.63, 3.8) is 0 Å². The number of hydrogen-bond donors (Lipinski definition) is 2. The summed E-state index contributed by atoms with van der Waals surface area (Å²) in [5.41, 5.74) is 3.19. The highest BCUT2D eigenvalue weighted by molar-refractivity contribution is 6.30. The number of nitrogens with zero attached hydrogens (tertiary/aromatic N) is 1. The molecule has 1 aliphatic rings. The maximum absolute atomic E-state index is 13.7. The molecule has 1 aliphatic heterocycles. The van der Waals surface area contributed by atoms with Crippen molar-refractivity contribution in [1.29, 1.82) is 0 Å². The van der Waals surface area contributed by atoms with Gasteiger partial charge in [0.1, 0.15) is 5.75 Å². The van der Waals surface area contributed by atoms with Crippen molar-refractivity contribution in [2.45, 2.75) is 58.9 Å². The van der Waals surface area contributed by atoms with Gasteiger partial charge in [-0.25, -0.2) is 0 Å². The van der Waals surface area contributed by atoms with Crippen molar-refractivity contribution < 1.29 is 14.3 Å². The largest absolute Gasteiger partial charge is 0.495 e. The number of carbonyl (C=O) groups is 2. The van der Waals surface area contributed by atoms with E-state index < -0.39 is 0 Å². The summed E-state index contributed by atoms with van der Waals surface area (Å²) in [6.45, 7) is 9.57. The first-order chi connectivity index (χ1) is 16.2. The van der Waals surface area contributed by atoms with Crippen LogP contribution in [0.4, 0.5) is 11.4 Å².